The Bertz CT molecular complexity index is 798. The molecule has 3 rings (SSSR count). The van der Waals surface area contributed by atoms with Gasteiger partial charge in [-0.25, -0.2) is 13.9 Å². The third-order valence-electron chi connectivity index (χ3n) is 5.12. The van der Waals surface area contributed by atoms with Gasteiger partial charge in [0.05, 0.1) is 0 Å². The number of piperidine rings is 1. The zero-order valence-electron chi connectivity index (χ0n) is 15.6. The van der Waals surface area contributed by atoms with Crippen LogP contribution >= 0.6 is 0 Å². The highest BCUT2D eigenvalue weighted by Gasteiger charge is 2.21. The second-order valence-corrected chi connectivity index (χ2v) is 6.97. The molecule has 0 spiro atoms. The lowest BCUT2D eigenvalue weighted by Gasteiger charge is -2.31. The van der Waals surface area contributed by atoms with Crippen molar-refractivity contribution < 1.29 is 4.39 Å². The van der Waals surface area contributed by atoms with Crippen molar-refractivity contribution in [3.8, 4) is 0 Å². The molecule has 6 heteroatoms. The lowest BCUT2D eigenvalue weighted by molar-refractivity contribution is 0.198. The largest absolute Gasteiger partial charge is 0.345 e. The minimum Gasteiger partial charge on any atom is -0.300 e. The zero-order chi connectivity index (χ0) is 18.5. The Hall–Kier alpha value is -2.21. The van der Waals surface area contributed by atoms with Crippen molar-refractivity contribution in [3.05, 3.63) is 58.0 Å². The fourth-order valence-corrected chi connectivity index (χ4v) is 3.57. The van der Waals surface area contributed by atoms with Gasteiger partial charge in [-0.3, -0.25) is 9.47 Å². The van der Waals surface area contributed by atoms with Gasteiger partial charge in [0.25, 0.3) is 0 Å². The van der Waals surface area contributed by atoms with Gasteiger partial charge in [-0.1, -0.05) is 24.3 Å². The number of rotatable bonds is 6. The molecule has 0 unspecified atom stereocenters. The number of benzene rings is 1. The molecule has 2 aromatic rings. The van der Waals surface area contributed by atoms with Crippen LogP contribution in [0.3, 0.4) is 0 Å². The van der Waals surface area contributed by atoms with Gasteiger partial charge >= 0.3 is 5.69 Å². The first kappa shape index (κ1) is 18.6. The topological polar surface area (TPSA) is 43.1 Å². The standard InChI is InChI=1S/C20H27FN4O/c1-3-25-19(22-23(2)20(25)26)15-17-10-13-24(14-11-17)12-4-5-16-6-8-18(21)9-7-16/h4-9,17H,3,10-15H2,1-2H3. The van der Waals surface area contributed by atoms with Gasteiger partial charge in [0, 0.05) is 26.6 Å². The third-order valence-corrected chi connectivity index (χ3v) is 5.12. The quantitative estimate of drug-likeness (QED) is 0.797. The van der Waals surface area contributed by atoms with Crippen molar-refractivity contribution in [3.63, 3.8) is 0 Å². The first-order valence-electron chi connectivity index (χ1n) is 9.34. The van der Waals surface area contributed by atoms with Crippen LogP contribution in [0.5, 0.6) is 0 Å². The number of aryl methyl sites for hydroxylation is 1. The molecule has 0 aliphatic carbocycles. The highest BCUT2D eigenvalue weighted by Crippen LogP contribution is 2.20. The van der Waals surface area contributed by atoms with Crippen LogP contribution in [0.15, 0.2) is 35.1 Å². The molecule has 0 atom stereocenters. The van der Waals surface area contributed by atoms with Crippen LogP contribution in [0.2, 0.25) is 0 Å². The molecule has 0 N–H and O–H groups in total. The molecule has 1 aromatic carbocycles. The number of aromatic nitrogens is 3. The highest BCUT2D eigenvalue weighted by atomic mass is 19.1. The summed E-state index contributed by atoms with van der Waals surface area (Å²) in [6.45, 7) is 5.69. The molecule has 1 saturated heterocycles. The Morgan fingerprint density at radius 1 is 1.23 bits per heavy atom. The summed E-state index contributed by atoms with van der Waals surface area (Å²) in [6, 6.07) is 6.55. The van der Waals surface area contributed by atoms with Crippen LogP contribution in [0, 0.1) is 11.7 Å². The average Bonchev–Trinajstić information content (AvgIpc) is 2.91. The van der Waals surface area contributed by atoms with E-state index < -0.39 is 0 Å². The maximum Gasteiger partial charge on any atom is 0.345 e. The van der Waals surface area contributed by atoms with Crippen molar-refractivity contribution in [1.29, 1.82) is 0 Å². The number of halogens is 1. The van der Waals surface area contributed by atoms with Crippen molar-refractivity contribution >= 4 is 6.08 Å². The van der Waals surface area contributed by atoms with Gasteiger partial charge in [0.15, 0.2) is 0 Å². The van der Waals surface area contributed by atoms with Gasteiger partial charge in [0.2, 0.25) is 0 Å². The summed E-state index contributed by atoms with van der Waals surface area (Å²) in [5.41, 5.74) is 1.000. The van der Waals surface area contributed by atoms with Gasteiger partial charge in [-0.2, -0.15) is 5.10 Å². The van der Waals surface area contributed by atoms with E-state index in [1.807, 2.05) is 13.0 Å². The van der Waals surface area contributed by atoms with E-state index in [-0.39, 0.29) is 11.5 Å². The van der Waals surface area contributed by atoms with Crippen LogP contribution in [0.4, 0.5) is 4.39 Å². The monoisotopic (exact) mass is 358 g/mol. The minimum absolute atomic E-state index is 0.0223. The van der Waals surface area contributed by atoms with Crippen molar-refractivity contribution in [2.75, 3.05) is 19.6 Å². The van der Waals surface area contributed by atoms with E-state index in [0.717, 1.165) is 50.3 Å². The number of likely N-dealkylation sites (tertiary alicyclic amines) is 1. The lowest BCUT2D eigenvalue weighted by atomic mass is 9.93. The van der Waals surface area contributed by atoms with Crippen molar-refractivity contribution in [1.82, 2.24) is 19.2 Å². The molecule has 1 aliphatic heterocycles. The van der Waals surface area contributed by atoms with Gasteiger partial charge in [-0.05, 0) is 56.5 Å². The second-order valence-electron chi connectivity index (χ2n) is 6.97. The molecule has 26 heavy (non-hydrogen) atoms. The molecular weight excluding hydrogens is 331 g/mol. The van der Waals surface area contributed by atoms with E-state index in [9.17, 15) is 9.18 Å². The maximum atomic E-state index is 12.9. The Morgan fingerprint density at radius 2 is 1.92 bits per heavy atom. The summed E-state index contributed by atoms with van der Waals surface area (Å²) in [7, 11) is 1.72. The Kier molecular flexibility index (Phi) is 6.04. The van der Waals surface area contributed by atoms with Gasteiger partial charge in [-0.15, -0.1) is 0 Å². The van der Waals surface area contributed by atoms with E-state index in [1.165, 1.54) is 16.8 Å². The lowest BCUT2D eigenvalue weighted by Crippen LogP contribution is -2.34. The fourth-order valence-electron chi connectivity index (χ4n) is 3.57. The molecular formula is C20H27FN4O. The van der Waals surface area contributed by atoms with Gasteiger partial charge < -0.3 is 0 Å². The molecule has 2 heterocycles. The molecule has 1 aromatic heterocycles. The predicted molar refractivity (Wildman–Crippen MR) is 101 cm³/mol. The molecule has 1 aliphatic rings. The van der Waals surface area contributed by atoms with Gasteiger partial charge in [0.1, 0.15) is 11.6 Å². The third kappa shape index (κ3) is 4.49. The first-order chi connectivity index (χ1) is 12.6. The highest BCUT2D eigenvalue weighted by molar-refractivity contribution is 5.48. The molecule has 0 bridgehead atoms. The van der Waals surface area contributed by atoms with E-state index in [0.29, 0.717) is 12.5 Å². The zero-order valence-corrected chi connectivity index (χ0v) is 15.6. The Labute approximate surface area is 153 Å². The molecule has 0 radical (unpaired) electrons. The number of nitrogens with zero attached hydrogens (tertiary/aromatic N) is 4. The van der Waals surface area contributed by atoms with Crippen molar-refractivity contribution in [2.45, 2.75) is 32.7 Å². The van der Waals surface area contributed by atoms with E-state index in [4.69, 9.17) is 0 Å². The summed E-state index contributed by atoms with van der Waals surface area (Å²) >= 11 is 0. The normalized spacial score (nSPS) is 16.6. The SMILES string of the molecule is CCn1c(CC2CCN(CC=Cc3ccc(F)cc3)CC2)nn(C)c1=O. The van der Waals surface area contributed by atoms with E-state index >= 15 is 0 Å². The Balaban J connectivity index is 1.48. The van der Waals surface area contributed by atoms with Crippen LogP contribution in [-0.4, -0.2) is 38.9 Å². The maximum absolute atomic E-state index is 12.9. The van der Waals surface area contributed by atoms with E-state index in [2.05, 4.69) is 16.1 Å². The molecule has 140 valence electrons. The van der Waals surface area contributed by atoms with Crippen molar-refractivity contribution in [2.24, 2.45) is 13.0 Å². The molecule has 5 nitrogen and oxygen atoms in total. The average molecular weight is 358 g/mol. The molecule has 0 amide bonds. The van der Waals surface area contributed by atoms with Crippen LogP contribution in [0.25, 0.3) is 6.08 Å². The predicted octanol–water partition coefficient (Wildman–Crippen LogP) is 2.71. The number of hydrogen-bond acceptors (Lipinski definition) is 3. The summed E-state index contributed by atoms with van der Waals surface area (Å²) in [5, 5.41) is 4.40. The molecule has 1 fully saturated rings. The summed E-state index contributed by atoms with van der Waals surface area (Å²) in [4.78, 5) is 14.4. The summed E-state index contributed by atoms with van der Waals surface area (Å²) < 4.78 is 16.1. The molecule has 0 saturated carbocycles. The second kappa shape index (κ2) is 8.45. The summed E-state index contributed by atoms with van der Waals surface area (Å²) in [6.07, 6.45) is 7.31. The van der Waals surface area contributed by atoms with Crippen LogP contribution in [0.1, 0.15) is 31.2 Å². The Morgan fingerprint density at radius 3 is 2.58 bits per heavy atom. The number of hydrogen-bond donors (Lipinski definition) is 0. The van der Waals surface area contributed by atoms with Crippen LogP contribution < -0.4 is 5.69 Å². The minimum atomic E-state index is -0.203. The first-order valence-corrected chi connectivity index (χ1v) is 9.34. The van der Waals surface area contributed by atoms with Crippen LogP contribution in [-0.2, 0) is 20.0 Å². The fraction of sp³-hybridized carbons (Fsp3) is 0.500. The summed E-state index contributed by atoms with van der Waals surface area (Å²) in [5.74, 6) is 1.29. The smallest absolute Gasteiger partial charge is 0.300 e. The van der Waals surface area contributed by atoms with E-state index in [1.54, 1.807) is 23.7 Å².